The smallest absolute Gasteiger partial charge is 0.249 e. The van der Waals surface area contributed by atoms with E-state index in [4.69, 9.17) is 9.47 Å². The van der Waals surface area contributed by atoms with E-state index in [-0.39, 0.29) is 18.6 Å². The summed E-state index contributed by atoms with van der Waals surface area (Å²) < 4.78 is 12.5. The Kier molecular flexibility index (Phi) is 5.15. The molecule has 1 aromatic carbocycles. The van der Waals surface area contributed by atoms with Crippen molar-refractivity contribution < 1.29 is 14.3 Å². The summed E-state index contributed by atoms with van der Waals surface area (Å²) in [5, 5.41) is 4.21. The van der Waals surface area contributed by atoms with Crippen molar-refractivity contribution in [2.45, 2.75) is 25.5 Å². The van der Waals surface area contributed by atoms with Gasteiger partial charge in [-0.3, -0.25) is 9.48 Å². The highest BCUT2D eigenvalue weighted by Gasteiger charge is 2.30. The molecule has 2 aromatic rings. The van der Waals surface area contributed by atoms with Gasteiger partial charge in [0.25, 0.3) is 0 Å². The minimum Gasteiger partial charge on any atom is -0.497 e. The molecule has 0 aliphatic carbocycles. The van der Waals surface area contributed by atoms with Gasteiger partial charge in [0, 0.05) is 25.4 Å². The van der Waals surface area contributed by atoms with Gasteiger partial charge in [0.1, 0.15) is 12.4 Å². The van der Waals surface area contributed by atoms with Gasteiger partial charge in [-0.05, 0) is 30.5 Å². The van der Waals surface area contributed by atoms with Crippen molar-refractivity contribution in [1.82, 2.24) is 14.7 Å². The Morgan fingerprint density at radius 2 is 2.12 bits per heavy atom. The van der Waals surface area contributed by atoms with Gasteiger partial charge in [0.2, 0.25) is 5.91 Å². The van der Waals surface area contributed by atoms with Crippen molar-refractivity contribution in [3.05, 3.63) is 47.8 Å². The van der Waals surface area contributed by atoms with Crippen LogP contribution in [0.4, 0.5) is 0 Å². The number of aryl methyl sites for hydroxylation is 1. The van der Waals surface area contributed by atoms with Crippen LogP contribution in [0.3, 0.4) is 0 Å². The van der Waals surface area contributed by atoms with E-state index < -0.39 is 0 Å². The number of carbonyl (C=O) groups is 1. The number of ether oxygens (including phenoxy) is 2. The van der Waals surface area contributed by atoms with E-state index in [1.54, 1.807) is 11.8 Å². The molecule has 0 N–H and O–H groups in total. The van der Waals surface area contributed by atoms with E-state index in [9.17, 15) is 4.79 Å². The summed E-state index contributed by atoms with van der Waals surface area (Å²) in [6.45, 7) is 1.30. The molecule has 1 atom stereocenters. The van der Waals surface area contributed by atoms with Crippen molar-refractivity contribution >= 4 is 5.91 Å². The van der Waals surface area contributed by atoms with Crippen LogP contribution >= 0.6 is 0 Å². The van der Waals surface area contributed by atoms with E-state index in [1.807, 2.05) is 48.6 Å². The number of benzene rings is 1. The number of hydrogen-bond donors (Lipinski definition) is 0. The maximum Gasteiger partial charge on any atom is 0.249 e. The SMILES string of the molecule is COc1ccc(COCC(=O)N2CCC[C@H]2c2cnn(C)c2)cc1. The van der Waals surface area contributed by atoms with Crippen molar-refractivity contribution in [1.29, 1.82) is 0 Å². The Balaban J connectivity index is 1.52. The molecule has 0 spiro atoms. The summed E-state index contributed by atoms with van der Waals surface area (Å²) in [5.74, 6) is 0.848. The number of hydrogen-bond acceptors (Lipinski definition) is 4. The highest BCUT2D eigenvalue weighted by Crippen LogP contribution is 2.31. The number of nitrogens with zero attached hydrogens (tertiary/aromatic N) is 3. The van der Waals surface area contributed by atoms with Crippen LogP contribution in [0.2, 0.25) is 0 Å². The zero-order valence-electron chi connectivity index (χ0n) is 14.1. The van der Waals surface area contributed by atoms with Crippen molar-refractivity contribution in [3.63, 3.8) is 0 Å². The molecule has 1 aromatic heterocycles. The van der Waals surface area contributed by atoms with Gasteiger partial charge in [-0.1, -0.05) is 12.1 Å². The second-order valence-electron chi connectivity index (χ2n) is 6.03. The fraction of sp³-hybridized carbons (Fsp3) is 0.444. The second kappa shape index (κ2) is 7.49. The summed E-state index contributed by atoms with van der Waals surface area (Å²) in [6.07, 6.45) is 5.82. The summed E-state index contributed by atoms with van der Waals surface area (Å²) in [5.41, 5.74) is 2.12. The lowest BCUT2D eigenvalue weighted by molar-refractivity contribution is -0.137. The molecule has 128 valence electrons. The Hall–Kier alpha value is -2.34. The number of methoxy groups -OCH3 is 1. The molecule has 24 heavy (non-hydrogen) atoms. The van der Waals surface area contributed by atoms with Crippen LogP contribution in [0.25, 0.3) is 0 Å². The van der Waals surface area contributed by atoms with Crippen LogP contribution in [0, 0.1) is 0 Å². The Bertz CT molecular complexity index is 681. The van der Waals surface area contributed by atoms with Gasteiger partial charge in [0.05, 0.1) is 26.0 Å². The van der Waals surface area contributed by atoms with Gasteiger partial charge in [-0.15, -0.1) is 0 Å². The molecule has 1 fully saturated rings. The third-order valence-corrected chi connectivity index (χ3v) is 4.34. The molecule has 1 amide bonds. The van der Waals surface area contributed by atoms with Crippen LogP contribution in [-0.4, -0.2) is 40.8 Å². The summed E-state index contributed by atoms with van der Waals surface area (Å²) >= 11 is 0. The van der Waals surface area contributed by atoms with Crippen molar-refractivity contribution in [2.24, 2.45) is 7.05 Å². The highest BCUT2D eigenvalue weighted by molar-refractivity contribution is 5.78. The van der Waals surface area contributed by atoms with E-state index >= 15 is 0 Å². The summed E-state index contributed by atoms with van der Waals surface area (Å²) in [4.78, 5) is 14.4. The normalized spacial score (nSPS) is 17.2. The molecule has 0 unspecified atom stereocenters. The average molecular weight is 329 g/mol. The predicted octanol–water partition coefficient (Wildman–Crippen LogP) is 2.31. The zero-order chi connectivity index (χ0) is 16.9. The molecule has 6 heteroatoms. The quantitative estimate of drug-likeness (QED) is 0.816. The van der Waals surface area contributed by atoms with Gasteiger partial charge >= 0.3 is 0 Å². The van der Waals surface area contributed by atoms with Gasteiger partial charge in [-0.2, -0.15) is 5.10 Å². The Labute approximate surface area is 142 Å². The minimum atomic E-state index is 0.0369. The largest absolute Gasteiger partial charge is 0.497 e. The van der Waals surface area contributed by atoms with Crippen LogP contribution in [0.5, 0.6) is 5.75 Å². The molecule has 0 bridgehead atoms. The first-order chi connectivity index (χ1) is 11.7. The number of aromatic nitrogens is 2. The Morgan fingerprint density at radius 3 is 2.79 bits per heavy atom. The molecule has 1 aliphatic heterocycles. The topological polar surface area (TPSA) is 56.6 Å². The van der Waals surface area contributed by atoms with Crippen LogP contribution < -0.4 is 4.74 Å². The molecular formula is C18H23N3O3. The van der Waals surface area contributed by atoms with Gasteiger partial charge in [0.15, 0.2) is 0 Å². The molecule has 1 aliphatic rings. The maximum atomic E-state index is 12.5. The fourth-order valence-electron chi connectivity index (χ4n) is 3.08. The zero-order valence-corrected chi connectivity index (χ0v) is 14.1. The van der Waals surface area contributed by atoms with E-state index in [0.717, 1.165) is 36.3 Å². The van der Waals surface area contributed by atoms with Crippen molar-refractivity contribution in [2.75, 3.05) is 20.3 Å². The molecule has 0 radical (unpaired) electrons. The van der Waals surface area contributed by atoms with Crippen molar-refractivity contribution in [3.8, 4) is 5.75 Å². The standard InChI is InChI=1S/C18H23N3O3/c1-20-11-15(10-19-20)17-4-3-9-21(17)18(22)13-24-12-14-5-7-16(23-2)8-6-14/h5-8,10-11,17H,3-4,9,12-13H2,1-2H3/t17-/m0/s1. The lowest BCUT2D eigenvalue weighted by atomic mass is 10.1. The predicted molar refractivity (Wildman–Crippen MR) is 89.5 cm³/mol. The molecule has 2 heterocycles. The highest BCUT2D eigenvalue weighted by atomic mass is 16.5. The molecular weight excluding hydrogens is 306 g/mol. The minimum absolute atomic E-state index is 0.0369. The van der Waals surface area contributed by atoms with Crippen LogP contribution in [-0.2, 0) is 23.2 Å². The average Bonchev–Trinajstić information content (AvgIpc) is 3.24. The third kappa shape index (κ3) is 3.76. The van der Waals surface area contributed by atoms with Gasteiger partial charge in [-0.25, -0.2) is 0 Å². The van der Waals surface area contributed by atoms with E-state index in [1.165, 1.54) is 0 Å². The summed E-state index contributed by atoms with van der Waals surface area (Å²) in [6, 6.07) is 7.78. The monoisotopic (exact) mass is 329 g/mol. The third-order valence-electron chi connectivity index (χ3n) is 4.34. The first-order valence-electron chi connectivity index (χ1n) is 8.16. The molecule has 0 saturated carbocycles. The number of carbonyl (C=O) groups excluding carboxylic acids is 1. The molecule has 6 nitrogen and oxygen atoms in total. The first-order valence-corrected chi connectivity index (χ1v) is 8.16. The summed E-state index contributed by atoms with van der Waals surface area (Å²) in [7, 11) is 3.53. The lowest BCUT2D eigenvalue weighted by Gasteiger charge is -2.23. The molecule has 3 rings (SSSR count). The lowest BCUT2D eigenvalue weighted by Crippen LogP contribution is -2.33. The number of likely N-dealkylation sites (tertiary alicyclic amines) is 1. The maximum absolute atomic E-state index is 12.5. The van der Waals surface area contributed by atoms with Crippen LogP contribution in [0.15, 0.2) is 36.7 Å². The molecule has 1 saturated heterocycles. The first kappa shape index (κ1) is 16.5. The number of amides is 1. The second-order valence-corrected chi connectivity index (χ2v) is 6.03. The Morgan fingerprint density at radius 1 is 1.33 bits per heavy atom. The fourth-order valence-corrected chi connectivity index (χ4v) is 3.08. The van der Waals surface area contributed by atoms with E-state index in [0.29, 0.717) is 6.61 Å². The van der Waals surface area contributed by atoms with E-state index in [2.05, 4.69) is 5.10 Å². The van der Waals surface area contributed by atoms with Gasteiger partial charge < -0.3 is 14.4 Å². The number of rotatable bonds is 6. The van der Waals surface area contributed by atoms with Crippen LogP contribution in [0.1, 0.15) is 30.0 Å².